The molecule has 1 aliphatic carbocycles. The second-order valence-electron chi connectivity index (χ2n) is 7.58. The maximum absolute atomic E-state index is 12.9. The lowest BCUT2D eigenvalue weighted by atomic mass is 9.92. The highest BCUT2D eigenvalue weighted by Crippen LogP contribution is 2.29. The number of methoxy groups -OCH3 is 1. The van der Waals surface area contributed by atoms with Crippen LogP contribution < -0.4 is 15.4 Å². The van der Waals surface area contributed by atoms with Crippen molar-refractivity contribution < 1.29 is 24.5 Å². The summed E-state index contributed by atoms with van der Waals surface area (Å²) in [5, 5.41) is 37.9. The van der Waals surface area contributed by atoms with Gasteiger partial charge in [0.1, 0.15) is 0 Å². The fourth-order valence-corrected chi connectivity index (χ4v) is 3.66. The van der Waals surface area contributed by atoms with Gasteiger partial charge in [-0.3, -0.25) is 25.0 Å². The van der Waals surface area contributed by atoms with Crippen molar-refractivity contribution in [3.8, 4) is 5.75 Å². The number of benzene rings is 2. The number of non-ortho nitro benzene ring substituents is 1. The number of hydrogen-bond donors (Lipinski definition) is 3. The molecule has 3 N–H and O–H groups in total. The van der Waals surface area contributed by atoms with Gasteiger partial charge in [0.05, 0.1) is 28.6 Å². The van der Waals surface area contributed by atoms with E-state index in [9.17, 15) is 30.1 Å². The minimum Gasteiger partial charge on any atom is -0.490 e. The molecule has 0 atom stereocenters. The number of nitro benzene ring substituents is 2. The van der Waals surface area contributed by atoms with Gasteiger partial charge in [0, 0.05) is 36.5 Å². The summed E-state index contributed by atoms with van der Waals surface area (Å²) in [5.74, 6) is -0.455. The third-order valence-electron chi connectivity index (χ3n) is 5.41. The normalized spacial score (nSPS) is 17.9. The molecule has 2 aromatic carbocycles. The summed E-state index contributed by atoms with van der Waals surface area (Å²) in [7, 11) is 1.32. The molecule has 32 heavy (non-hydrogen) atoms. The third-order valence-corrected chi connectivity index (χ3v) is 5.41. The van der Waals surface area contributed by atoms with Crippen LogP contribution in [0.25, 0.3) is 0 Å². The van der Waals surface area contributed by atoms with Crippen molar-refractivity contribution in [3.05, 3.63) is 67.8 Å². The first-order valence-corrected chi connectivity index (χ1v) is 10.1. The summed E-state index contributed by atoms with van der Waals surface area (Å²) in [6.45, 7) is 0.0466. The fraction of sp³-hybridized carbons (Fsp3) is 0.381. The maximum Gasteiger partial charge on any atom is 0.310 e. The average molecular weight is 444 g/mol. The number of nitro groups is 2. The number of aliphatic hydroxyl groups excluding tert-OH is 1. The first kappa shape index (κ1) is 22.9. The predicted molar refractivity (Wildman–Crippen MR) is 116 cm³/mol. The zero-order valence-electron chi connectivity index (χ0n) is 17.4. The van der Waals surface area contributed by atoms with Crippen molar-refractivity contribution >= 4 is 23.0 Å². The molecule has 0 bridgehead atoms. The molecule has 11 heteroatoms. The van der Waals surface area contributed by atoms with Crippen molar-refractivity contribution in [3.63, 3.8) is 0 Å². The highest BCUT2D eigenvalue weighted by atomic mass is 16.6. The fourth-order valence-electron chi connectivity index (χ4n) is 3.66. The summed E-state index contributed by atoms with van der Waals surface area (Å²) >= 11 is 0. The van der Waals surface area contributed by atoms with Crippen molar-refractivity contribution in [2.45, 2.75) is 44.4 Å². The largest absolute Gasteiger partial charge is 0.490 e. The Hall–Kier alpha value is -3.73. The molecule has 2 aromatic rings. The molecule has 3 rings (SSSR count). The van der Waals surface area contributed by atoms with Gasteiger partial charge in [-0.25, -0.2) is 0 Å². The minimum absolute atomic E-state index is 0.0466. The van der Waals surface area contributed by atoms with Crippen LogP contribution in [0.5, 0.6) is 5.75 Å². The number of aliphatic hydroxyl groups is 1. The number of amides is 1. The van der Waals surface area contributed by atoms with Crippen LogP contribution in [0.3, 0.4) is 0 Å². The monoisotopic (exact) mass is 444 g/mol. The predicted octanol–water partition coefficient (Wildman–Crippen LogP) is 3.16. The van der Waals surface area contributed by atoms with Gasteiger partial charge in [-0.2, -0.15) is 0 Å². The zero-order chi connectivity index (χ0) is 23.3. The van der Waals surface area contributed by atoms with E-state index < -0.39 is 15.8 Å². The molecule has 0 aliphatic heterocycles. The highest BCUT2D eigenvalue weighted by molar-refractivity contribution is 6.00. The van der Waals surface area contributed by atoms with Crippen LogP contribution >= 0.6 is 0 Å². The van der Waals surface area contributed by atoms with Gasteiger partial charge in [-0.05, 0) is 43.4 Å². The molecule has 1 saturated carbocycles. The van der Waals surface area contributed by atoms with Crippen LogP contribution in [0, 0.1) is 20.2 Å². The van der Waals surface area contributed by atoms with Gasteiger partial charge in [-0.1, -0.05) is 6.07 Å². The first-order chi connectivity index (χ1) is 15.3. The molecule has 0 saturated heterocycles. The number of ether oxygens (including phenoxy) is 1. The summed E-state index contributed by atoms with van der Waals surface area (Å²) < 4.78 is 5.03. The molecule has 11 nitrogen and oxygen atoms in total. The first-order valence-electron chi connectivity index (χ1n) is 10.1. The molecule has 0 aromatic heterocycles. The van der Waals surface area contributed by atoms with Crippen molar-refractivity contribution in [1.29, 1.82) is 0 Å². The third kappa shape index (κ3) is 5.49. The van der Waals surface area contributed by atoms with E-state index in [0.717, 1.165) is 12.8 Å². The van der Waals surface area contributed by atoms with Gasteiger partial charge >= 0.3 is 5.69 Å². The Labute approximate surface area is 183 Å². The average Bonchev–Trinajstić information content (AvgIpc) is 2.78. The summed E-state index contributed by atoms with van der Waals surface area (Å²) in [4.78, 5) is 34.0. The van der Waals surface area contributed by atoms with E-state index in [1.54, 1.807) is 0 Å². The number of nitrogens with one attached hydrogen (secondary N) is 2. The van der Waals surface area contributed by atoms with Crippen molar-refractivity contribution in [2.75, 3.05) is 12.4 Å². The van der Waals surface area contributed by atoms with Gasteiger partial charge in [-0.15, -0.1) is 0 Å². The van der Waals surface area contributed by atoms with Crippen molar-refractivity contribution in [2.24, 2.45) is 0 Å². The molecule has 170 valence electrons. The quantitative estimate of drug-likeness (QED) is 0.414. The SMILES string of the molecule is COc1cc(CNC(=O)c2cc([N+](=O)[O-])ccc2N[C@H]2CC[C@@H](O)CC2)ccc1[N+](=O)[O-]. The lowest BCUT2D eigenvalue weighted by Gasteiger charge is -2.27. The second-order valence-corrected chi connectivity index (χ2v) is 7.58. The van der Waals surface area contributed by atoms with E-state index in [0.29, 0.717) is 24.1 Å². The number of carbonyl (C=O) groups excluding carboxylic acids is 1. The Morgan fingerprint density at radius 3 is 2.44 bits per heavy atom. The molecule has 1 fully saturated rings. The molecular weight excluding hydrogens is 420 g/mol. The Morgan fingerprint density at radius 2 is 1.81 bits per heavy atom. The van der Waals surface area contributed by atoms with Crippen LogP contribution in [0.1, 0.15) is 41.6 Å². The minimum atomic E-state index is -0.571. The number of anilines is 1. The number of nitrogens with zero attached hydrogens (tertiary/aromatic N) is 2. The van der Waals surface area contributed by atoms with Crippen LogP contribution in [0.2, 0.25) is 0 Å². The molecule has 1 aliphatic rings. The standard InChI is InChI=1S/C21H24N4O7/c1-32-20-10-13(2-9-19(20)25(30)31)12-22-21(27)17-11-15(24(28)29)5-8-18(17)23-14-3-6-16(26)7-4-14/h2,5,8-11,14,16,23,26H,3-4,6-7,12H2,1H3,(H,22,27)/t14-,16+. The molecule has 1 amide bonds. The maximum atomic E-state index is 12.9. The van der Waals surface area contributed by atoms with Crippen LogP contribution in [0.4, 0.5) is 17.1 Å². The topological polar surface area (TPSA) is 157 Å². The number of hydrogen-bond acceptors (Lipinski definition) is 8. The number of rotatable bonds is 8. The molecule has 0 heterocycles. The highest BCUT2D eigenvalue weighted by Gasteiger charge is 2.23. The molecule has 0 unspecified atom stereocenters. The summed E-state index contributed by atoms with van der Waals surface area (Å²) in [5.41, 5.74) is 0.763. The summed E-state index contributed by atoms with van der Waals surface area (Å²) in [6, 6.07) is 8.35. The van der Waals surface area contributed by atoms with Crippen LogP contribution in [-0.4, -0.2) is 40.1 Å². The van der Waals surface area contributed by atoms with E-state index >= 15 is 0 Å². The summed E-state index contributed by atoms with van der Waals surface area (Å²) in [6.07, 6.45) is 2.41. The zero-order valence-corrected chi connectivity index (χ0v) is 17.4. The van der Waals surface area contributed by atoms with E-state index in [1.807, 2.05) is 0 Å². The van der Waals surface area contributed by atoms with Gasteiger partial charge < -0.3 is 20.5 Å². The van der Waals surface area contributed by atoms with Crippen LogP contribution in [0.15, 0.2) is 36.4 Å². The second kappa shape index (κ2) is 10.1. The Morgan fingerprint density at radius 1 is 1.09 bits per heavy atom. The van der Waals surface area contributed by atoms with Gasteiger partial charge in [0.2, 0.25) is 0 Å². The molecule has 0 radical (unpaired) electrons. The Bertz CT molecular complexity index is 1020. The van der Waals surface area contributed by atoms with E-state index in [1.165, 1.54) is 43.5 Å². The number of carbonyl (C=O) groups is 1. The Balaban J connectivity index is 1.77. The van der Waals surface area contributed by atoms with E-state index in [-0.39, 0.29) is 41.4 Å². The van der Waals surface area contributed by atoms with Crippen LogP contribution in [-0.2, 0) is 6.54 Å². The lowest BCUT2D eigenvalue weighted by Crippen LogP contribution is -2.30. The molecular formula is C21H24N4O7. The smallest absolute Gasteiger partial charge is 0.310 e. The van der Waals surface area contributed by atoms with Gasteiger partial charge in [0.25, 0.3) is 11.6 Å². The Kier molecular flexibility index (Phi) is 7.21. The molecule has 0 spiro atoms. The van der Waals surface area contributed by atoms with E-state index in [4.69, 9.17) is 4.74 Å². The van der Waals surface area contributed by atoms with Crippen molar-refractivity contribution in [1.82, 2.24) is 5.32 Å². The van der Waals surface area contributed by atoms with E-state index in [2.05, 4.69) is 10.6 Å². The van der Waals surface area contributed by atoms with Gasteiger partial charge in [0.15, 0.2) is 5.75 Å². The lowest BCUT2D eigenvalue weighted by molar-refractivity contribution is -0.385.